The third kappa shape index (κ3) is 3.38. The van der Waals surface area contributed by atoms with E-state index in [1.165, 1.54) is 9.80 Å². The van der Waals surface area contributed by atoms with Gasteiger partial charge >= 0.3 is 0 Å². The van der Waals surface area contributed by atoms with Crippen LogP contribution in [-0.2, 0) is 9.59 Å². The molecule has 6 nitrogen and oxygen atoms in total. The minimum Gasteiger partial charge on any atom is -0.360 e. The van der Waals surface area contributed by atoms with Gasteiger partial charge in [-0.3, -0.25) is 14.4 Å². The van der Waals surface area contributed by atoms with E-state index >= 15 is 0 Å². The molecule has 6 heteroatoms. The van der Waals surface area contributed by atoms with Gasteiger partial charge in [0.1, 0.15) is 0 Å². The summed E-state index contributed by atoms with van der Waals surface area (Å²) in [7, 11) is 0. The molecule has 2 heterocycles. The summed E-state index contributed by atoms with van der Waals surface area (Å²) in [5, 5.41) is 0. The van der Waals surface area contributed by atoms with Crippen molar-refractivity contribution in [2.75, 3.05) is 37.7 Å². The molecule has 1 aliphatic carbocycles. The first-order valence-electron chi connectivity index (χ1n) is 10.0. The number of hydrogen-bond acceptors (Lipinski definition) is 4. The van der Waals surface area contributed by atoms with Crippen LogP contribution in [0.1, 0.15) is 49.4 Å². The number of imide groups is 1. The van der Waals surface area contributed by atoms with Crippen molar-refractivity contribution in [1.82, 2.24) is 4.90 Å². The first-order chi connectivity index (χ1) is 13.0. The normalized spacial score (nSPS) is 22.9. The summed E-state index contributed by atoms with van der Waals surface area (Å²) < 4.78 is 0. The Bertz CT molecular complexity index is 744. The Morgan fingerprint density at radius 2 is 1.70 bits per heavy atom. The number of Topliss-reactive ketones (excluding diaryl/α,β-unsaturated/α-hetero) is 1. The summed E-state index contributed by atoms with van der Waals surface area (Å²) >= 11 is 0. The summed E-state index contributed by atoms with van der Waals surface area (Å²) in [6.07, 6.45) is 4.33. The minimum absolute atomic E-state index is 0.0247. The number of carbonyl (C=O) groups excluding carboxylic acids is 3. The van der Waals surface area contributed by atoms with Crippen LogP contribution < -0.4 is 9.80 Å². The topological polar surface area (TPSA) is 62.1 Å². The van der Waals surface area contributed by atoms with Crippen LogP contribution in [0.25, 0.3) is 0 Å². The highest BCUT2D eigenvalue weighted by atomic mass is 16.2. The first-order valence-corrected chi connectivity index (χ1v) is 10.0. The average Bonchev–Trinajstić information content (AvgIpc) is 3.23. The third-order valence-electron chi connectivity index (χ3n) is 6.54. The van der Waals surface area contributed by atoms with Crippen molar-refractivity contribution < 1.29 is 19.3 Å². The van der Waals surface area contributed by atoms with Crippen molar-refractivity contribution in [2.45, 2.75) is 39.0 Å². The van der Waals surface area contributed by atoms with Crippen LogP contribution in [0.2, 0.25) is 0 Å². The number of nitrogens with one attached hydrogen (secondary N) is 1. The smallest absolute Gasteiger partial charge is 0.240 e. The maximum absolute atomic E-state index is 12.8. The lowest BCUT2D eigenvalue weighted by Crippen LogP contribution is -3.16. The molecule has 0 aromatic heterocycles. The van der Waals surface area contributed by atoms with E-state index in [4.69, 9.17) is 0 Å². The molecular weight excluding hydrogens is 342 g/mol. The van der Waals surface area contributed by atoms with Gasteiger partial charge in [0.05, 0.1) is 31.6 Å². The minimum atomic E-state index is -0.364. The number of ketones is 1. The lowest BCUT2D eigenvalue weighted by Gasteiger charge is -2.35. The van der Waals surface area contributed by atoms with E-state index in [0.717, 1.165) is 63.1 Å². The fourth-order valence-electron chi connectivity index (χ4n) is 4.83. The van der Waals surface area contributed by atoms with E-state index in [-0.39, 0.29) is 23.0 Å². The van der Waals surface area contributed by atoms with Gasteiger partial charge in [0.25, 0.3) is 0 Å². The van der Waals surface area contributed by atoms with Crippen molar-refractivity contribution in [2.24, 2.45) is 5.41 Å². The summed E-state index contributed by atoms with van der Waals surface area (Å²) in [6.45, 7) is 5.66. The van der Waals surface area contributed by atoms with Gasteiger partial charge in [-0.1, -0.05) is 12.8 Å². The highest BCUT2D eigenvalue weighted by Crippen LogP contribution is 2.46. The van der Waals surface area contributed by atoms with Crippen LogP contribution in [0.4, 0.5) is 5.69 Å². The fourth-order valence-corrected chi connectivity index (χ4v) is 4.83. The number of carbonyl (C=O) groups is 3. The van der Waals surface area contributed by atoms with Gasteiger partial charge in [-0.15, -0.1) is 0 Å². The molecule has 1 saturated carbocycles. The molecule has 0 atom stereocenters. The number of anilines is 1. The second-order valence-electron chi connectivity index (χ2n) is 8.29. The molecule has 3 aliphatic rings. The van der Waals surface area contributed by atoms with E-state index in [2.05, 4.69) is 4.90 Å². The monoisotopic (exact) mass is 370 g/mol. The van der Waals surface area contributed by atoms with Crippen LogP contribution in [0.3, 0.4) is 0 Å². The quantitative estimate of drug-likeness (QED) is 0.631. The maximum Gasteiger partial charge on any atom is 0.240 e. The molecule has 27 heavy (non-hydrogen) atoms. The standard InChI is InChI=1S/C21H27N3O3/c1-16(25)17-4-6-18(7-5-17)23-12-10-22(11-13-23)15-24-19(26)14-21(20(24)27)8-2-3-9-21/h4-7H,2-3,8-15H2,1H3/p+1. The van der Waals surface area contributed by atoms with Gasteiger partial charge in [-0.25, -0.2) is 4.90 Å². The van der Waals surface area contributed by atoms with Gasteiger partial charge in [-0.2, -0.15) is 0 Å². The van der Waals surface area contributed by atoms with E-state index in [1.807, 2.05) is 24.3 Å². The highest BCUT2D eigenvalue weighted by Gasteiger charge is 2.53. The van der Waals surface area contributed by atoms with Crippen LogP contribution in [0.15, 0.2) is 24.3 Å². The maximum atomic E-state index is 12.8. The van der Waals surface area contributed by atoms with E-state index < -0.39 is 0 Å². The molecule has 2 aliphatic heterocycles. The lowest BCUT2D eigenvalue weighted by molar-refractivity contribution is -0.908. The largest absolute Gasteiger partial charge is 0.360 e. The predicted octanol–water partition coefficient (Wildman–Crippen LogP) is 0.871. The molecule has 1 N–H and O–H groups in total. The van der Waals surface area contributed by atoms with Crippen molar-refractivity contribution in [3.63, 3.8) is 0 Å². The number of quaternary nitrogens is 1. The Kier molecular flexibility index (Phi) is 4.76. The molecule has 1 aromatic rings. The SMILES string of the molecule is CC(=O)c1ccc(N2CC[NH+](CN3C(=O)CC4(CCCC4)C3=O)CC2)cc1. The number of nitrogens with zero attached hydrogens (tertiary/aromatic N) is 2. The predicted molar refractivity (Wildman–Crippen MR) is 102 cm³/mol. The number of hydrogen-bond donors (Lipinski definition) is 1. The van der Waals surface area contributed by atoms with Gasteiger partial charge < -0.3 is 9.80 Å². The number of benzene rings is 1. The molecular formula is C21H28N3O3+. The van der Waals surface area contributed by atoms with Gasteiger partial charge in [-0.05, 0) is 44.0 Å². The van der Waals surface area contributed by atoms with Crippen molar-refractivity contribution in [1.29, 1.82) is 0 Å². The Hall–Kier alpha value is -2.21. The Balaban J connectivity index is 1.34. The fraction of sp³-hybridized carbons (Fsp3) is 0.571. The molecule has 2 saturated heterocycles. The number of piperazine rings is 1. The highest BCUT2D eigenvalue weighted by molar-refractivity contribution is 6.05. The summed E-state index contributed by atoms with van der Waals surface area (Å²) in [4.78, 5) is 41.8. The molecule has 3 fully saturated rings. The molecule has 1 spiro atoms. The average molecular weight is 370 g/mol. The van der Waals surface area contributed by atoms with E-state index in [9.17, 15) is 14.4 Å². The zero-order valence-electron chi connectivity index (χ0n) is 16.0. The second kappa shape index (κ2) is 7.08. The summed E-state index contributed by atoms with van der Waals surface area (Å²) in [6, 6.07) is 7.75. The number of rotatable bonds is 4. The lowest BCUT2D eigenvalue weighted by atomic mass is 9.85. The third-order valence-corrected chi connectivity index (χ3v) is 6.54. The molecule has 0 unspecified atom stereocenters. The first kappa shape index (κ1) is 18.2. The molecule has 0 radical (unpaired) electrons. The van der Waals surface area contributed by atoms with Crippen LogP contribution in [0.5, 0.6) is 0 Å². The molecule has 4 rings (SSSR count). The molecule has 2 amide bonds. The summed E-state index contributed by atoms with van der Waals surface area (Å²) in [5.74, 6) is 0.187. The van der Waals surface area contributed by atoms with Crippen molar-refractivity contribution >= 4 is 23.3 Å². The van der Waals surface area contributed by atoms with Crippen molar-refractivity contribution in [3.8, 4) is 0 Å². The molecule has 144 valence electrons. The molecule has 1 aromatic carbocycles. The van der Waals surface area contributed by atoms with Crippen LogP contribution in [0, 0.1) is 5.41 Å². The molecule has 0 bridgehead atoms. The van der Waals surface area contributed by atoms with Gasteiger partial charge in [0, 0.05) is 17.7 Å². The van der Waals surface area contributed by atoms with E-state index in [1.54, 1.807) is 6.92 Å². The van der Waals surface area contributed by atoms with Crippen LogP contribution in [-0.4, -0.2) is 55.3 Å². The van der Waals surface area contributed by atoms with Gasteiger partial charge in [0.15, 0.2) is 12.5 Å². The second-order valence-corrected chi connectivity index (χ2v) is 8.29. The van der Waals surface area contributed by atoms with E-state index in [0.29, 0.717) is 13.1 Å². The Morgan fingerprint density at radius 3 is 2.30 bits per heavy atom. The van der Waals surface area contributed by atoms with Crippen LogP contribution >= 0.6 is 0 Å². The Labute approximate surface area is 160 Å². The number of likely N-dealkylation sites (tertiary alicyclic amines) is 1. The Morgan fingerprint density at radius 1 is 1.07 bits per heavy atom. The van der Waals surface area contributed by atoms with Gasteiger partial charge in [0.2, 0.25) is 11.8 Å². The summed E-state index contributed by atoms with van der Waals surface area (Å²) in [5.41, 5.74) is 1.49. The zero-order chi connectivity index (χ0) is 19.0. The zero-order valence-corrected chi connectivity index (χ0v) is 16.0. The number of amides is 2. The van der Waals surface area contributed by atoms with Crippen molar-refractivity contribution in [3.05, 3.63) is 29.8 Å².